The maximum atomic E-state index is 11.8. The molecule has 0 radical (unpaired) electrons. The van der Waals surface area contributed by atoms with Gasteiger partial charge < -0.3 is 9.84 Å². The summed E-state index contributed by atoms with van der Waals surface area (Å²) in [5.41, 5.74) is 0.861. The maximum Gasteiger partial charge on any atom is 0.411 e. The molecular weight excluding hydrogens is 249 g/mol. The number of aliphatic hydroxyl groups excluding tert-OH is 1. The zero-order chi connectivity index (χ0) is 13.6. The van der Waals surface area contributed by atoms with Crippen molar-refractivity contribution >= 4 is 0 Å². The number of rotatable bonds is 7. The second-order valence-electron chi connectivity index (χ2n) is 4.02. The molecule has 1 N–H and O–H groups in total. The van der Waals surface area contributed by atoms with Crippen LogP contribution in [0, 0.1) is 0 Å². The molecule has 0 saturated carbocycles. The van der Waals surface area contributed by atoms with E-state index in [0.29, 0.717) is 6.42 Å². The van der Waals surface area contributed by atoms with Crippen LogP contribution in [0.3, 0.4) is 0 Å². The molecule has 1 unspecified atom stereocenters. The van der Waals surface area contributed by atoms with Crippen LogP contribution in [0.2, 0.25) is 0 Å². The lowest BCUT2D eigenvalue weighted by molar-refractivity contribution is -0.175. The van der Waals surface area contributed by atoms with Crippen molar-refractivity contribution in [2.45, 2.75) is 38.6 Å². The van der Waals surface area contributed by atoms with Gasteiger partial charge in [0.05, 0.1) is 12.3 Å². The van der Waals surface area contributed by atoms with Gasteiger partial charge in [0.2, 0.25) is 0 Å². The summed E-state index contributed by atoms with van der Waals surface area (Å²) in [6.45, 7) is 1.30. The van der Waals surface area contributed by atoms with Crippen LogP contribution in [-0.2, 0) is 17.7 Å². The van der Waals surface area contributed by atoms with E-state index >= 15 is 0 Å². The fraction of sp³-hybridized carbons (Fsp3) is 0.727. The van der Waals surface area contributed by atoms with Crippen molar-refractivity contribution in [3.8, 4) is 0 Å². The zero-order valence-corrected chi connectivity index (χ0v) is 10.2. The Morgan fingerprint density at radius 3 is 2.78 bits per heavy atom. The summed E-state index contributed by atoms with van der Waals surface area (Å²) in [6.07, 6.45) is -1.04. The largest absolute Gasteiger partial charge is 0.411 e. The van der Waals surface area contributed by atoms with Gasteiger partial charge in [-0.1, -0.05) is 0 Å². The van der Waals surface area contributed by atoms with Crippen LogP contribution in [0.1, 0.15) is 18.9 Å². The van der Waals surface area contributed by atoms with E-state index in [-0.39, 0.29) is 13.0 Å². The second-order valence-corrected chi connectivity index (χ2v) is 4.02. The molecule has 1 heterocycles. The lowest BCUT2D eigenvalue weighted by atomic mass is 10.1. The van der Waals surface area contributed by atoms with Crippen molar-refractivity contribution in [1.82, 2.24) is 9.78 Å². The average molecular weight is 266 g/mol. The maximum absolute atomic E-state index is 11.8. The van der Waals surface area contributed by atoms with Crippen molar-refractivity contribution < 1.29 is 23.0 Å². The summed E-state index contributed by atoms with van der Waals surface area (Å²) in [4.78, 5) is 0. The summed E-state index contributed by atoms with van der Waals surface area (Å²) in [7, 11) is 0. The molecule has 0 aromatic carbocycles. The quantitative estimate of drug-likeness (QED) is 0.765. The van der Waals surface area contributed by atoms with Crippen molar-refractivity contribution in [3.05, 3.63) is 18.0 Å². The Morgan fingerprint density at radius 2 is 2.22 bits per heavy atom. The van der Waals surface area contributed by atoms with Gasteiger partial charge in [0.25, 0.3) is 0 Å². The molecule has 4 nitrogen and oxygen atoms in total. The number of aromatic nitrogens is 2. The number of hydrogen-bond acceptors (Lipinski definition) is 3. The second kappa shape index (κ2) is 6.75. The van der Waals surface area contributed by atoms with Crippen LogP contribution < -0.4 is 0 Å². The molecule has 0 aliphatic heterocycles. The number of alkyl halides is 3. The lowest BCUT2D eigenvalue weighted by Gasteiger charge is -2.11. The first-order valence-electron chi connectivity index (χ1n) is 5.74. The predicted molar refractivity (Wildman–Crippen MR) is 59.1 cm³/mol. The van der Waals surface area contributed by atoms with Crippen LogP contribution in [-0.4, -0.2) is 40.4 Å². The Labute approximate surface area is 103 Å². The fourth-order valence-corrected chi connectivity index (χ4v) is 1.47. The fourth-order valence-electron chi connectivity index (χ4n) is 1.47. The summed E-state index contributed by atoms with van der Waals surface area (Å²) in [6, 6.07) is 0. The third-order valence-electron chi connectivity index (χ3n) is 2.34. The molecular formula is C11H17F3N2O2. The molecule has 1 atom stereocenters. The Balaban J connectivity index is 2.19. The molecule has 0 bridgehead atoms. The van der Waals surface area contributed by atoms with E-state index < -0.39 is 18.9 Å². The SMILES string of the molecule is CCn1cc(CC(O)CCOCC(F)(F)F)cn1. The molecule has 1 rings (SSSR count). The number of ether oxygens (including phenoxy) is 1. The monoisotopic (exact) mass is 266 g/mol. The number of aryl methyl sites for hydroxylation is 1. The first kappa shape index (κ1) is 15.0. The zero-order valence-electron chi connectivity index (χ0n) is 10.2. The van der Waals surface area contributed by atoms with E-state index in [1.807, 2.05) is 6.92 Å². The van der Waals surface area contributed by atoms with Crippen LogP contribution in [0.25, 0.3) is 0 Å². The summed E-state index contributed by atoms with van der Waals surface area (Å²) in [5, 5.41) is 13.7. The third-order valence-corrected chi connectivity index (χ3v) is 2.34. The van der Waals surface area contributed by atoms with Crippen LogP contribution in [0.4, 0.5) is 13.2 Å². The Hall–Kier alpha value is -1.08. The minimum absolute atomic E-state index is 0.109. The van der Waals surface area contributed by atoms with Gasteiger partial charge in [-0.25, -0.2) is 0 Å². The summed E-state index contributed by atoms with van der Waals surface area (Å²) >= 11 is 0. The molecule has 0 aliphatic carbocycles. The van der Waals surface area contributed by atoms with Gasteiger partial charge >= 0.3 is 6.18 Å². The van der Waals surface area contributed by atoms with Crippen LogP contribution in [0.15, 0.2) is 12.4 Å². The Morgan fingerprint density at radius 1 is 1.50 bits per heavy atom. The van der Waals surface area contributed by atoms with Gasteiger partial charge in [-0.15, -0.1) is 0 Å². The van der Waals surface area contributed by atoms with Gasteiger partial charge in [-0.2, -0.15) is 18.3 Å². The molecule has 1 aromatic heterocycles. The minimum atomic E-state index is -4.31. The van der Waals surface area contributed by atoms with E-state index in [1.54, 1.807) is 17.1 Å². The van der Waals surface area contributed by atoms with Crippen molar-refractivity contribution in [2.24, 2.45) is 0 Å². The molecule has 0 saturated heterocycles. The Kier molecular flexibility index (Phi) is 5.61. The Bertz CT molecular complexity index is 352. The number of aliphatic hydroxyl groups is 1. The molecule has 0 amide bonds. The molecule has 1 aromatic rings. The third kappa shape index (κ3) is 6.02. The highest BCUT2D eigenvalue weighted by Gasteiger charge is 2.27. The first-order valence-corrected chi connectivity index (χ1v) is 5.74. The van der Waals surface area contributed by atoms with Crippen LogP contribution in [0.5, 0.6) is 0 Å². The molecule has 104 valence electrons. The highest BCUT2D eigenvalue weighted by molar-refractivity contribution is 5.05. The van der Waals surface area contributed by atoms with E-state index in [1.165, 1.54) is 0 Å². The van der Waals surface area contributed by atoms with Crippen molar-refractivity contribution in [1.29, 1.82) is 0 Å². The van der Waals surface area contributed by atoms with Gasteiger partial charge in [-0.3, -0.25) is 4.68 Å². The topological polar surface area (TPSA) is 47.3 Å². The van der Waals surface area contributed by atoms with E-state index in [9.17, 15) is 18.3 Å². The van der Waals surface area contributed by atoms with E-state index in [4.69, 9.17) is 0 Å². The highest BCUT2D eigenvalue weighted by Crippen LogP contribution is 2.14. The number of nitrogens with zero attached hydrogens (tertiary/aromatic N) is 2. The molecule has 18 heavy (non-hydrogen) atoms. The summed E-state index contributed by atoms with van der Waals surface area (Å²) < 4.78 is 41.5. The van der Waals surface area contributed by atoms with Crippen molar-refractivity contribution in [3.63, 3.8) is 0 Å². The smallest absolute Gasteiger partial charge is 0.393 e. The molecule has 0 fully saturated rings. The van der Waals surface area contributed by atoms with Crippen molar-refractivity contribution in [2.75, 3.05) is 13.2 Å². The van der Waals surface area contributed by atoms with E-state index in [2.05, 4.69) is 9.84 Å². The van der Waals surface area contributed by atoms with Gasteiger partial charge in [0, 0.05) is 25.8 Å². The first-order chi connectivity index (χ1) is 8.40. The normalized spacial score (nSPS) is 13.8. The standard InChI is InChI=1S/C11H17F3N2O2/c1-2-16-7-9(6-15-16)5-10(17)3-4-18-8-11(12,13)14/h6-7,10,17H,2-5,8H2,1H3. The molecule has 0 spiro atoms. The minimum Gasteiger partial charge on any atom is -0.393 e. The highest BCUT2D eigenvalue weighted by atomic mass is 19.4. The molecule has 0 aliphatic rings. The van der Waals surface area contributed by atoms with Gasteiger partial charge in [0.15, 0.2) is 0 Å². The van der Waals surface area contributed by atoms with Crippen LogP contribution >= 0.6 is 0 Å². The number of hydrogen-bond donors (Lipinski definition) is 1. The average Bonchev–Trinajstić information content (AvgIpc) is 2.71. The van der Waals surface area contributed by atoms with Gasteiger partial charge in [0.1, 0.15) is 6.61 Å². The van der Waals surface area contributed by atoms with Gasteiger partial charge in [-0.05, 0) is 18.9 Å². The number of halogens is 3. The molecule has 7 heteroatoms. The van der Waals surface area contributed by atoms with E-state index in [0.717, 1.165) is 12.1 Å². The lowest BCUT2D eigenvalue weighted by Crippen LogP contribution is -2.20. The summed E-state index contributed by atoms with van der Waals surface area (Å²) in [5.74, 6) is 0. The predicted octanol–water partition coefficient (Wildman–Crippen LogP) is 1.78.